The van der Waals surface area contributed by atoms with Crippen LogP contribution in [-0.2, 0) is 20.9 Å². The fourth-order valence-electron chi connectivity index (χ4n) is 2.65. The monoisotopic (exact) mass is 387 g/mol. The van der Waals surface area contributed by atoms with E-state index in [1.807, 2.05) is 13.8 Å². The standard InChI is InChI=1S/C20H21NO5S/c1-11-12(2)27-18(21-17(22)14-7-8-14)16(11)20(24)26-10-13-5-4-6-15(9-13)19(23)25-3/h4-6,9,14H,7-8,10H2,1-3H3,(H,21,22). The number of ether oxygens (including phenoxy) is 2. The number of thiophene rings is 1. The average Bonchev–Trinajstić information content (AvgIpc) is 3.47. The number of esters is 2. The highest BCUT2D eigenvalue weighted by Crippen LogP contribution is 2.36. The van der Waals surface area contributed by atoms with Gasteiger partial charge in [-0.3, -0.25) is 4.79 Å². The van der Waals surface area contributed by atoms with Gasteiger partial charge in [-0.25, -0.2) is 9.59 Å². The molecule has 2 aromatic rings. The van der Waals surface area contributed by atoms with E-state index in [9.17, 15) is 14.4 Å². The maximum atomic E-state index is 12.7. The lowest BCUT2D eigenvalue weighted by Crippen LogP contribution is -2.16. The van der Waals surface area contributed by atoms with E-state index in [4.69, 9.17) is 9.47 Å². The molecule has 1 fully saturated rings. The second kappa shape index (κ2) is 7.92. The van der Waals surface area contributed by atoms with Crippen molar-refractivity contribution in [3.8, 4) is 0 Å². The first-order valence-corrected chi connectivity index (χ1v) is 9.47. The summed E-state index contributed by atoms with van der Waals surface area (Å²) >= 11 is 1.38. The normalized spacial score (nSPS) is 13.1. The fourth-order valence-corrected chi connectivity index (χ4v) is 3.70. The minimum atomic E-state index is -0.494. The molecule has 142 valence electrons. The number of carbonyl (C=O) groups excluding carboxylic acids is 3. The number of carbonyl (C=O) groups is 3. The van der Waals surface area contributed by atoms with Gasteiger partial charge in [0.1, 0.15) is 11.6 Å². The van der Waals surface area contributed by atoms with Crippen LogP contribution in [0.15, 0.2) is 24.3 Å². The van der Waals surface area contributed by atoms with Gasteiger partial charge in [0.2, 0.25) is 5.91 Å². The minimum absolute atomic E-state index is 0.0218. The van der Waals surface area contributed by atoms with Gasteiger partial charge >= 0.3 is 11.9 Å². The van der Waals surface area contributed by atoms with E-state index in [-0.39, 0.29) is 18.4 Å². The molecule has 1 N–H and O–H groups in total. The van der Waals surface area contributed by atoms with Crippen LogP contribution in [0.2, 0.25) is 0 Å². The van der Waals surface area contributed by atoms with Crippen LogP contribution in [0, 0.1) is 19.8 Å². The van der Waals surface area contributed by atoms with Gasteiger partial charge in [0, 0.05) is 10.8 Å². The molecule has 0 aliphatic heterocycles. The second-order valence-corrected chi connectivity index (χ2v) is 7.74. The molecule has 0 atom stereocenters. The van der Waals surface area contributed by atoms with Crippen molar-refractivity contribution in [1.82, 2.24) is 0 Å². The third-order valence-electron chi connectivity index (χ3n) is 4.49. The molecular weight excluding hydrogens is 366 g/mol. The third kappa shape index (κ3) is 4.36. The second-order valence-electron chi connectivity index (χ2n) is 6.52. The minimum Gasteiger partial charge on any atom is -0.465 e. The Hall–Kier alpha value is -2.67. The molecule has 1 aromatic heterocycles. The lowest BCUT2D eigenvalue weighted by atomic mass is 10.1. The first-order valence-electron chi connectivity index (χ1n) is 8.66. The Labute approximate surface area is 161 Å². The van der Waals surface area contributed by atoms with Crippen molar-refractivity contribution >= 4 is 34.2 Å². The number of amides is 1. The van der Waals surface area contributed by atoms with Crippen LogP contribution in [0.1, 0.15) is 49.6 Å². The van der Waals surface area contributed by atoms with Gasteiger partial charge in [-0.1, -0.05) is 12.1 Å². The Bertz CT molecular complexity index is 898. The van der Waals surface area contributed by atoms with E-state index in [2.05, 4.69) is 5.32 Å². The Balaban J connectivity index is 1.72. The lowest BCUT2D eigenvalue weighted by Gasteiger charge is -2.09. The van der Waals surface area contributed by atoms with Gasteiger partial charge in [-0.15, -0.1) is 11.3 Å². The number of nitrogens with one attached hydrogen (secondary N) is 1. The summed E-state index contributed by atoms with van der Waals surface area (Å²) in [7, 11) is 1.31. The zero-order valence-electron chi connectivity index (χ0n) is 15.5. The molecule has 1 aliphatic carbocycles. The Morgan fingerprint density at radius 3 is 2.59 bits per heavy atom. The van der Waals surface area contributed by atoms with E-state index >= 15 is 0 Å². The van der Waals surface area contributed by atoms with Crippen LogP contribution in [0.5, 0.6) is 0 Å². The molecule has 3 rings (SSSR count). The Kier molecular flexibility index (Phi) is 5.60. The molecular formula is C20H21NO5S. The molecule has 0 spiro atoms. The maximum Gasteiger partial charge on any atom is 0.341 e. The molecule has 27 heavy (non-hydrogen) atoms. The van der Waals surface area contributed by atoms with Gasteiger partial charge in [0.25, 0.3) is 0 Å². The van der Waals surface area contributed by atoms with Gasteiger partial charge in [0.15, 0.2) is 0 Å². The van der Waals surface area contributed by atoms with Crippen molar-refractivity contribution < 1.29 is 23.9 Å². The highest BCUT2D eigenvalue weighted by molar-refractivity contribution is 7.16. The van der Waals surface area contributed by atoms with Gasteiger partial charge < -0.3 is 14.8 Å². The third-order valence-corrected chi connectivity index (χ3v) is 5.61. The van der Waals surface area contributed by atoms with Gasteiger partial charge in [-0.05, 0) is 49.9 Å². The lowest BCUT2D eigenvalue weighted by molar-refractivity contribution is -0.117. The molecule has 6 nitrogen and oxygen atoms in total. The van der Waals surface area contributed by atoms with E-state index < -0.39 is 11.9 Å². The first-order chi connectivity index (χ1) is 12.9. The molecule has 1 aliphatic rings. The van der Waals surface area contributed by atoms with Crippen molar-refractivity contribution in [3.05, 3.63) is 51.4 Å². The highest BCUT2D eigenvalue weighted by Gasteiger charge is 2.31. The van der Waals surface area contributed by atoms with Crippen LogP contribution >= 0.6 is 11.3 Å². The van der Waals surface area contributed by atoms with Crippen molar-refractivity contribution in [2.45, 2.75) is 33.3 Å². The summed E-state index contributed by atoms with van der Waals surface area (Å²) in [6.07, 6.45) is 1.79. The van der Waals surface area contributed by atoms with Crippen LogP contribution in [0.25, 0.3) is 0 Å². The smallest absolute Gasteiger partial charge is 0.341 e. The zero-order valence-corrected chi connectivity index (χ0v) is 16.3. The number of benzene rings is 1. The summed E-state index contributed by atoms with van der Waals surface area (Å²) in [6, 6.07) is 6.73. The number of methoxy groups -OCH3 is 1. The molecule has 1 amide bonds. The topological polar surface area (TPSA) is 81.7 Å². The predicted molar refractivity (Wildman–Crippen MR) is 102 cm³/mol. The summed E-state index contributed by atoms with van der Waals surface area (Å²) in [4.78, 5) is 37.3. The quantitative estimate of drug-likeness (QED) is 0.761. The number of anilines is 1. The SMILES string of the molecule is COC(=O)c1cccc(COC(=O)c2c(NC(=O)C3CC3)sc(C)c2C)c1. The number of hydrogen-bond acceptors (Lipinski definition) is 6. The van der Waals surface area contributed by atoms with Gasteiger partial charge in [-0.2, -0.15) is 0 Å². The maximum absolute atomic E-state index is 12.7. The fraction of sp³-hybridized carbons (Fsp3) is 0.350. The Morgan fingerprint density at radius 2 is 1.93 bits per heavy atom. The molecule has 1 heterocycles. The summed E-state index contributed by atoms with van der Waals surface area (Å²) in [5.74, 6) is -0.933. The van der Waals surface area contributed by atoms with E-state index in [0.29, 0.717) is 21.7 Å². The van der Waals surface area contributed by atoms with Crippen molar-refractivity contribution in [1.29, 1.82) is 0 Å². The molecule has 0 unspecified atom stereocenters. The van der Waals surface area contributed by atoms with E-state index in [1.54, 1.807) is 24.3 Å². The Morgan fingerprint density at radius 1 is 1.19 bits per heavy atom. The van der Waals surface area contributed by atoms with E-state index in [0.717, 1.165) is 23.3 Å². The molecule has 1 saturated carbocycles. The van der Waals surface area contributed by atoms with Crippen molar-refractivity contribution in [2.75, 3.05) is 12.4 Å². The average molecular weight is 387 g/mol. The molecule has 7 heteroatoms. The molecule has 0 bridgehead atoms. The highest BCUT2D eigenvalue weighted by atomic mass is 32.1. The van der Waals surface area contributed by atoms with Crippen molar-refractivity contribution in [2.24, 2.45) is 5.92 Å². The number of hydrogen-bond donors (Lipinski definition) is 1. The summed E-state index contributed by atoms with van der Waals surface area (Å²) < 4.78 is 10.1. The van der Waals surface area contributed by atoms with Crippen molar-refractivity contribution in [3.63, 3.8) is 0 Å². The molecule has 0 radical (unpaired) electrons. The summed E-state index contributed by atoms with van der Waals surface area (Å²) in [5, 5.41) is 3.40. The number of rotatable bonds is 6. The zero-order chi connectivity index (χ0) is 19.6. The van der Waals surface area contributed by atoms with Crippen LogP contribution in [-0.4, -0.2) is 25.0 Å². The summed E-state index contributed by atoms with van der Waals surface area (Å²) in [5.41, 5.74) is 2.28. The molecule has 1 aromatic carbocycles. The predicted octanol–water partition coefficient (Wildman–Crippen LogP) is 3.86. The van der Waals surface area contributed by atoms with Gasteiger partial charge in [0.05, 0.1) is 18.2 Å². The van der Waals surface area contributed by atoms with Crippen LogP contribution < -0.4 is 5.32 Å². The van der Waals surface area contributed by atoms with Crippen LogP contribution in [0.4, 0.5) is 5.00 Å². The van der Waals surface area contributed by atoms with E-state index in [1.165, 1.54) is 18.4 Å². The largest absolute Gasteiger partial charge is 0.465 e. The summed E-state index contributed by atoms with van der Waals surface area (Å²) in [6.45, 7) is 3.77. The number of aryl methyl sites for hydroxylation is 1. The first kappa shape index (κ1) is 19.1. The van der Waals surface area contributed by atoms with Crippen LogP contribution in [0.3, 0.4) is 0 Å². The molecule has 0 saturated heterocycles.